The molecule has 0 aromatic heterocycles. The molecule has 2 atom stereocenters. The Kier molecular flexibility index (Phi) is 3.26. The fourth-order valence-electron chi connectivity index (χ4n) is 2.59. The lowest BCUT2D eigenvalue weighted by Crippen LogP contribution is -2.20. The third-order valence-electron chi connectivity index (χ3n) is 3.70. The molecule has 0 bridgehead atoms. The van der Waals surface area contributed by atoms with Crippen molar-refractivity contribution in [2.75, 3.05) is 7.11 Å². The number of methoxy groups -OCH3 is 1. The molecule has 2 nitrogen and oxygen atoms in total. The molecule has 0 saturated heterocycles. The standard InChI is InChI=1S/C17H18O2/c1-12-7-9-13(10-8-12)16-11-17(18-2)14-5-3-4-6-15(14)19-16/h3-10,16-17H,11H2,1-2H3/t16-,17-/m0/s1. The van der Waals surface area contributed by atoms with Crippen LogP contribution < -0.4 is 4.74 Å². The summed E-state index contributed by atoms with van der Waals surface area (Å²) in [6.07, 6.45) is 1.04. The normalized spacial score (nSPS) is 21.6. The number of fused-ring (bicyclic) bond motifs is 1. The van der Waals surface area contributed by atoms with Crippen LogP contribution in [0, 0.1) is 6.92 Å². The van der Waals surface area contributed by atoms with Crippen LogP contribution in [-0.4, -0.2) is 7.11 Å². The van der Waals surface area contributed by atoms with Gasteiger partial charge < -0.3 is 9.47 Å². The Morgan fingerprint density at radius 2 is 1.79 bits per heavy atom. The van der Waals surface area contributed by atoms with E-state index in [4.69, 9.17) is 9.47 Å². The SMILES string of the molecule is CO[C@H]1C[C@@H](c2ccc(C)cc2)Oc2ccccc21. The number of benzene rings is 2. The van der Waals surface area contributed by atoms with Gasteiger partial charge in [-0.25, -0.2) is 0 Å². The first kappa shape index (κ1) is 12.2. The van der Waals surface area contributed by atoms with Gasteiger partial charge in [-0.15, -0.1) is 0 Å². The molecule has 2 heteroatoms. The van der Waals surface area contributed by atoms with Crippen molar-refractivity contribution in [2.45, 2.75) is 25.6 Å². The Bertz CT molecular complexity index is 560. The second-order valence-corrected chi connectivity index (χ2v) is 5.02. The van der Waals surface area contributed by atoms with E-state index >= 15 is 0 Å². The van der Waals surface area contributed by atoms with Crippen LogP contribution in [0.3, 0.4) is 0 Å². The second kappa shape index (κ2) is 5.06. The van der Waals surface area contributed by atoms with E-state index < -0.39 is 0 Å². The first-order valence-corrected chi connectivity index (χ1v) is 6.63. The second-order valence-electron chi connectivity index (χ2n) is 5.02. The minimum Gasteiger partial charge on any atom is -0.485 e. The minimum absolute atomic E-state index is 0.0699. The number of para-hydroxylation sites is 1. The molecule has 0 aliphatic carbocycles. The van der Waals surface area contributed by atoms with Crippen molar-refractivity contribution >= 4 is 0 Å². The molecule has 0 saturated carbocycles. The van der Waals surface area contributed by atoms with Crippen molar-refractivity contribution in [3.63, 3.8) is 0 Å². The Morgan fingerprint density at radius 1 is 1.05 bits per heavy atom. The molecular weight excluding hydrogens is 236 g/mol. The Labute approximate surface area is 114 Å². The van der Waals surface area contributed by atoms with Crippen LogP contribution in [0.2, 0.25) is 0 Å². The number of hydrogen-bond acceptors (Lipinski definition) is 2. The largest absolute Gasteiger partial charge is 0.485 e. The molecule has 98 valence electrons. The maximum absolute atomic E-state index is 6.11. The van der Waals surface area contributed by atoms with Crippen LogP contribution in [0.25, 0.3) is 0 Å². The summed E-state index contributed by atoms with van der Waals surface area (Å²) in [5.74, 6) is 0.936. The molecule has 0 spiro atoms. The van der Waals surface area contributed by atoms with E-state index in [2.05, 4.69) is 37.3 Å². The quantitative estimate of drug-likeness (QED) is 0.799. The van der Waals surface area contributed by atoms with Gasteiger partial charge in [-0.05, 0) is 18.6 Å². The van der Waals surface area contributed by atoms with Gasteiger partial charge in [0.05, 0.1) is 6.10 Å². The molecular formula is C17H18O2. The van der Waals surface area contributed by atoms with Gasteiger partial charge in [0.25, 0.3) is 0 Å². The summed E-state index contributed by atoms with van der Waals surface area (Å²) in [6, 6.07) is 16.7. The van der Waals surface area contributed by atoms with Crippen molar-refractivity contribution in [3.8, 4) is 5.75 Å². The molecule has 2 aromatic carbocycles. The fourth-order valence-corrected chi connectivity index (χ4v) is 2.59. The first-order chi connectivity index (χ1) is 9.28. The first-order valence-electron chi connectivity index (χ1n) is 6.63. The lowest BCUT2D eigenvalue weighted by Gasteiger charge is -2.31. The van der Waals surface area contributed by atoms with Gasteiger partial charge in [0.2, 0.25) is 0 Å². The van der Waals surface area contributed by atoms with Crippen molar-refractivity contribution < 1.29 is 9.47 Å². The number of rotatable bonds is 2. The van der Waals surface area contributed by atoms with E-state index in [1.807, 2.05) is 18.2 Å². The molecule has 3 rings (SSSR count). The predicted molar refractivity (Wildman–Crippen MR) is 75.4 cm³/mol. The Hall–Kier alpha value is -1.80. The predicted octanol–water partition coefficient (Wildman–Crippen LogP) is 4.21. The highest BCUT2D eigenvalue weighted by molar-refractivity contribution is 5.38. The molecule has 0 radical (unpaired) electrons. The van der Waals surface area contributed by atoms with Crippen LogP contribution in [0.4, 0.5) is 0 Å². The summed E-state index contributed by atoms with van der Waals surface area (Å²) >= 11 is 0. The third-order valence-corrected chi connectivity index (χ3v) is 3.70. The Morgan fingerprint density at radius 3 is 2.53 bits per heavy atom. The highest BCUT2D eigenvalue weighted by Crippen LogP contribution is 2.42. The van der Waals surface area contributed by atoms with E-state index in [0.29, 0.717) is 0 Å². The van der Waals surface area contributed by atoms with E-state index in [1.165, 1.54) is 11.1 Å². The van der Waals surface area contributed by atoms with Crippen LogP contribution in [0.1, 0.15) is 35.3 Å². The molecule has 0 N–H and O–H groups in total. The monoisotopic (exact) mass is 254 g/mol. The lowest BCUT2D eigenvalue weighted by atomic mass is 9.94. The Balaban J connectivity index is 1.93. The smallest absolute Gasteiger partial charge is 0.127 e. The lowest BCUT2D eigenvalue weighted by molar-refractivity contribution is 0.0301. The highest BCUT2D eigenvalue weighted by atomic mass is 16.5. The third kappa shape index (κ3) is 2.36. The average Bonchev–Trinajstić information content (AvgIpc) is 2.47. The van der Waals surface area contributed by atoms with E-state index in [9.17, 15) is 0 Å². The van der Waals surface area contributed by atoms with Crippen LogP contribution in [0.5, 0.6) is 5.75 Å². The number of aryl methyl sites for hydroxylation is 1. The summed E-state index contributed by atoms with van der Waals surface area (Å²) in [4.78, 5) is 0. The van der Waals surface area contributed by atoms with Crippen LogP contribution in [0.15, 0.2) is 48.5 Å². The average molecular weight is 254 g/mol. The van der Waals surface area contributed by atoms with E-state index in [0.717, 1.165) is 17.7 Å². The van der Waals surface area contributed by atoms with E-state index in [1.54, 1.807) is 7.11 Å². The molecule has 0 unspecified atom stereocenters. The van der Waals surface area contributed by atoms with Gasteiger partial charge in [-0.1, -0.05) is 48.0 Å². The van der Waals surface area contributed by atoms with E-state index in [-0.39, 0.29) is 12.2 Å². The highest BCUT2D eigenvalue weighted by Gasteiger charge is 2.28. The topological polar surface area (TPSA) is 18.5 Å². The van der Waals surface area contributed by atoms with Crippen molar-refractivity contribution in [1.82, 2.24) is 0 Å². The van der Waals surface area contributed by atoms with Crippen LogP contribution in [-0.2, 0) is 4.74 Å². The summed E-state index contributed by atoms with van der Waals surface area (Å²) in [5.41, 5.74) is 3.62. The zero-order chi connectivity index (χ0) is 13.2. The molecule has 1 heterocycles. The summed E-state index contributed by atoms with van der Waals surface area (Å²) in [5, 5.41) is 0. The molecule has 1 aliphatic rings. The maximum atomic E-state index is 6.11. The maximum Gasteiger partial charge on any atom is 0.127 e. The number of ether oxygens (including phenoxy) is 2. The summed E-state index contributed by atoms with van der Waals surface area (Å²) in [6.45, 7) is 2.10. The van der Waals surface area contributed by atoms with Gasteiger partial charge in [0.15, 0.2) is 0 Å². The zero-order valence-corrected chi connectivity index (χ0v) is 11.3. The van der Waals surface area contributed by atoms with Crippen molar-refractivity contribution in [3.05, 3.63) is 65.2 Å². The van der Waals surface area contributed by atoms with Gasteiger partial charge in [0, 0.05) is 19.1 Å². The molecule has 0 fully saturated rings. The van der Waals surface area contributed by atoms with Gasteiger partial charge in [0.1, 0.15) is 11.9 Å². The van der Waals surface area contributed by atoms with Crippen LogP contribution >= 0.6 is 0 Å². The minimum atomic E-state index is 0.0699. The summed E-state index contributed by atoms with van der Waals surface area (Å²) in [7, 11) is 1.76. The summed E-state index contributed by atoms with van der Waals surface area (Å²) < 4.78 is 11.7. The number of hydrogen-bond donors (Lipinski definition) is 0. The molecule has 19 heavy (non-hydrogen) atoms. The van der Waals surface area contributed by atoms with Gasteiger partial charge in [-0.2, -0.15) is 0 Å². The van der Waals surface area contributed by atoms with Gasteiger partial charge in [-0.3, -0.25) is 0 Å². The zero-order valence-electron chi connectivity index (χ0n) is 11.3. The molecule has 2 aromatic rings. The van der Waals surface area contributed by atoms with Crippen molar-refractivity contribution in [1.29, 1.82) is 0 Å². The van der Waals surface area contributed by atoms with Crippen molar-refractivity contribution in [2.24, 2.45) is 0 Å². The fraction of sp³-hybridized carbons (Fsp3) is 0.294. The molecule has 1 aliphatic heterocycles. The van der Waals surface area contributed by atoms with Gasteiger partial charge >= 0.3 is 0 Å². The molecule has 0 amide bonds.